The fourth-order valence-electron chi connectivity index (χ4n) is 0.916. The molecule has 0 aliphatic carbocycles. The number of rotatable bonds is 0. The molecule has 0 fully saturated rings. The molecule has 0 unspecified atom stereocenters. The van der Waals surface area contributed by atoms with Crippen molar-refractivity contribution in [3.63, 3.8) is 0 Å². The Morgan fingerprint density at radius 1 is 1.36 bits per heavy atom. The molecule has 62 valence electrons. The van der Waals surface area contributed by atoms with E-state index < -0.39 is 0 Å². The lowest BCUT2D eigenvalue weighted by Gasteiger charge is -2.03. The van der Waals surface area contributed by atoms with E-state index in [1.807, 2.05) is 20.0 Å². The van der Waals surface area contributed by atoms with Crippen LogP contribution >= 0.6 is 0 Å². The van der Waals surface area contributed by atoms with Crippen LogP contribution in [0.5, 0.6) is 0 Å². The van der Waals surface area contributed by atoms with E-state index in [0.29, 0.717) is 0 Å². The van der Waals surface area contributed by atoms with E-state index in [4.69, 9.17) is 0 Å². The molecule has 0 aromatic rings. The van der Waals surface area contributed by atoms with E-state index in [1.165, 1.54) is 0 Å². The van der Waals surface area contributed by atoms with Crippen molar-refractivity contribution in [1.29, 1.82) is 0 Å². The number of nitrogens with zero attached hydrogens (tertiary/aromatic N) is 1. The summed E-state index contributed by atoms with van der Waals surface area (Å²) in [7, 11) is 0. The third-order valence-corrected chi connectivity index (χ3v) is 1.57. The summed E-state index contributed by atoms with van der Waals surface area (Å²) >= 11 is 0. The molecule has 0 aromatic heterocycles. The summed E-state index contributed by atoms with van der Waals surface area (Å²) < 4.78 is 0. The second kappa shape index (κ2) is 4.13. The van der Waals surface area contributed by atoms with Crippen molar-refractivity contribution in [2.75, 3.05) is 19.6 Å². The molecule has 1 aliphatic rings. The van der Waals surface area contributed by atoms with E-state index in [-0.39, 0.29) is 0 Å². The van der Waals surface area contributed by atoms with Gasteiger partial charge in [0.15, 0.2) is 0 Å². The fourth-order valence-corrected chi connectivity index (χ4v) is 0.916. The maximum Gasteiger partial charge on any atom is 0.0454 e. The average Bonchev–Trinajstić information content (AvgIpc) is 2.06. The zero-order valence-electron chi connectivity index (χ0n) is 7.15. The summed E-state index contributed by atoms with van der Waals surface area (Å²) in [4.78, 5) is 4.25. The zero-order valence-corrected chi connectivity index (χ0v) is 7.15. The van der Waals surface area contributed by atoms with Crippen molar-refractivity contribution in [2.24, 2.45) is 4.99 Å². The Bertz CT molecular complexity index is 162. The molecule has 0 aromatic carbocycles. The predicted molar refractivity (Wildman–Crippen MR) is 47.7 cm³/mol. The molecule has 1 rings (SSSR count). The third-order valence-electron chi connectivity index (χ3n) is 1.57. The summed E-state index contributed by atoms with van der Waals surface area (Å²) in [6.07, 6.45) is 1.88. The number of nitrogens with one attached hydrogen (secondary N) is 2. The Labute approximate surface area is 67.6 Å². The second-order valence-electron chi connectivity index (χ2n) is 2.78. The quantitative estimate of drug-likeness (QED) is 0.531. The maximum absolute atomic E-state index is 4.25. The van der Waals surface area contributed by atoms with Gasteiger partial charge >= 0.3 is 0 Å². The number of hydrogen-bond donors (Lipinski definition) is 2. The molecule has 0 saturated heterocycles. The summed E-state index contributed by atoms with van der Waals surface area (Å²) in [6, 6.07) is 0. The van der Waals surface area contributed by atoms with Crippen molar-refractivity contribution < 1.29 is 0 Å². The Hall–Kier alpha value is -0.830. The highest BCUT2D eigenvalue weighted by molar-refractivity contribution is 5.84. The molecule has 11 heavy (non-hydrogen) atoms. The predicted octanol–water partition coefficient (Wildman–Crippen LogP) is 0.501. The van der Waals surface area contributed by atoms with Gasteiger partial charge in [-0.05, 0) is 13.8 Å². The first-order valence-corrected chi connectivity index (χ1v) is 3.93. The standard InChI is InChI=1S/C8H15N3/c1-7-5-9-3-4-10-8(2)6-11-7/h6,9-10H,3-5H2,1-2H3/b8-6-,11-7?. The molecule has 0 spiro atoms. The molecule has 0 amide bonds. The summed E-state index contributed by atoms with van der Waals surface area (Å²) in [5, 5.41) is 6.51. The highest BCUT2D eigenvalue weighted by Crippen LogP contribution is 1.89. The largest absolute Gasteiger partial charge is 0.386 e. The van der Waals surface area contributed by atoms with Gasteiger partial charge in [-0.1, -0.05) is 0 Å². The van der Waals surface area contributed by atoms with Crippen LogP contribution in [-0.4, -0.2) is 25.3 Å². The first-order valence-electron chi connectivity index (χ1n) is 3.93. The average molecular weight is 153 g/mol. The van der Waals surface area contributed by atoms with Gasteiger partial charge in [0.2, 0.25) is 0 Å². The van der Waals surface area contributed by atoms with Crippen LogP contribution < -0.4 is 10.6 Å². The van der Waals surface area contributed by atoms with Gasteiger partial charge in [-0.25, -0.2) is 0 Å². The van der Waals surface area contributed by atoms with Crippen LogP contribution in [0.25, 0.3) is 0 Å². The van der Waals surface area contributed by atoms with Crippen LogP contribution in [0.1, 0.15) is 13.8 Å². The smallest absolute Gasteiger partial charge is 0.0454 e. The Morgan fingerprint density at radius 3 is 3.00 bits per heavy atom. The molecule has 3 nitrogen and oxygen atoms in total. The molecule has 0 atom stereocenters. The van der Waals surface area contributed by atoms with Gasteiger partial charge in [0, 0.05) is 37.2 Å². The number of hydrogen-bond acceptors (Lipinski definition) is 3. The SMILES string of the molecule is CC1=N/C=C(/C)NCCNC1. The van der Waals surface area contributed by atoms with Crippen LogP contribution in [0, 0.1) is 0 Å². The molecular weight excluding hydrogens is 138 g/mol. The lowest BCUT2D eigenvalue weighted by atomic mass is 10.4. The normalized spacial score (nSPS) is 24.9. The van der Waals surface area contributed by atoms with Crippen LogP contribution in [-0.2, 0) is 0 Å². The molecule has 0 radical (unpaired) electrons. The lowest BCUT2D eigenvalue weighted by Crippen LogP contribution is -2.28. The van der Waals surface area contributed by atoms with Gasteiger partial charge in [-0.15, -0.1) is 0 Å². The molecular formula is C8H15N3. The van der Waals surface area contributed by atoms with Crippen LogP contribution in [0.15, 0.2) is 16.9 Å². The van der Waals surface area contributed by atoms with Crippen molar-refractivity contribution in [1.82, 2.24) is 10.6 Å². The summed E-state index contributed by atoms with van der Waals surface area (Å²) in [5.41, 5.74) is 2.26. The van der Waals surface area contributed by atoms with Gasteiger partial charge in [0.05, 0.1) is 0 Å². The lowest BCUT2D eigenvalue weighted by molar-refractivity contribution is 0.701. The Balaban J connectivity index is 2.57. The van der Waals surface area contributed by atoms with Crippen molar-refractivity contribution in [3.8, 4) is 0 Å². The van der Waals surface area contributed by atoms with E-state index in [0.717, 1.165) is 31.0 Å². The molecule has 1 heterocycles. The van der Waals surface area contributed by atoms with Crippen LogP contribution in [0.4, 0.5) is 0 Å². The monoisotopic (exact) mass is 153 g/mol. The minimum atomic E-state index is 0.894. The molecule has 1 aliphatic heterocycles. The molecule has 0 bridgehead atoms. The minimum Gasteiger partial charge on any atom is -0.386 e. The zero-order chi connectivity index (χ0) is 8.10. The highest BCUT2D eigenvalue weighted by atomic mass is 15.0. The maximum atomic E-state index is 4.25. The highest BCUT2D eigenvalue weighted by Gasteiger charge is 1.94. The van der Waals surface area contributed by atoms with E-state index in [9.17, 15) is 0 Å². The van der Waals surface area contributed by atoms with Gasteiger partial charge < -0.3 is 10.6 Å². The van der Waals surface area contributed by atoms with Crippen LogP contribution in [0.3, 0.4) is 0 Å². The van der Waals surface area contributed by atoms with Crippen molar-refractivity contribution in [2.45, 2.75) is 13.8 Å². The number of aliphatic imine (C=N–C) groups is 1. The van der Waals surface area contributed by atoms with Gasteiger partial charge in [-0.3, -0.25) is 4.99 Å². The first kappa shape index (κ1) is 8.27. The Morgan fingerprint density at radius 2 is 2.18 bits per heavy atom. The molecule has 2 N–H and O–H groups in total. The first-order chi connectivity index (χ1) is 5.29. The third kappa shape index (κ3) is 3.18. The molecule has 3 heteroatoms. The summed E-state index contributed by atoms with van der Waals surface area (Å²) in [5.74, 6) is 0. The minimum absolute atomic E-state index is 0.894. The van der Waals surface area contributed by atoms with Gasteiger partial charge in [-0.2, -0.15) is 0 Å². The van der Waals surface area contributed by atoms with Crippen molar-refractivity contribution >= 4 is 5.71 Å². The topological polar surface area (TPSA) is 36.4 Å². The second-order valence-corrected chi connectivity index (χ2v) is 2.78. The van der Waals surface area contributed by atoms with Crippen LogP contribution in [0.2, 0.25) is 0 Å². The fraction of sp³-hybridized carbons (Fsp3) is 0.625. The molecule has 0 saturated carbocycles. The number of allylic oxidation sites excluding steroid dienone is 1. The Kier molecular flexibility index (Phi) is 3.11. The van der Waals surface area contributed by atoms with Gasteiger partial charge in [0.25, 0.3) is 0 Å². The van der Waals surface area contributed by atoms with Crippen molar-refractivity contribution in [3.05, 3.63) is 11.9 Å². The van der Waals surface area contributed by atoms with Gasteiger partial charge in [0.1, 0.15) is 0 Å². The van der Waals surface area contributed by atoms with E-state index in [1.54, 1.807) is 0 Å². The van der Waals surface area contributed by atoms with E-state index >= 15 is 0 Å². The summed E-state index contributed by atoms with van der Waals surface area (Å²) in [6.45, 7) is 6.93. The van der Waals surface area contributed by atoms with E-state index in [2.05, 4.69) is 15.6 Å².